The van der Waals surface area contributed by atoms with Crippen LogP contribution in [0.5, 0.6) is 17.2 Å². The highest BCUT2D eigenvalue weighted by Gasteiger charge is 2.13. The average molecular weight is 522 g/mol. The molecule has 0 saturated carbocycles. The number of nitrogens with one attached hydrogen (secondary N) is 1. The van der Waals surface area contributed by atoms with Gasteiger partial charge in [-0.2, -0.15) is 5.10 Å². The van der Waals surface area contributed by atoms with Gasteiger partial charge in [-0.15, -0.1) is 0 Å². The van der Waals surface area contributed by atoms with Gasteiger partial charge in [0.1, 0.15) is 12.4 Å². The van der Waals surface area contributed by atoms with E-state index in [-0.39, 0.29) is 12.5 Å². The fourth-order valence-electron chi connectivity index (χ4n) is 2.95. The highest BCUT2D eigenvalue weighted by molar-refractivity contribution is 6.42. The van der Waals surface area contributed by atoms with Gasteiger partial charge in [-0.1, -0.05) is 40.9 Å². The summed E-state index contributed by atoms with van der Waals surface area (Å²) < 4.78 is 17.0. The van der Waals surface area contributed by atoms with E-state index >= 15 is 0 Å². The van der Waals surface area contributed by atoms with Crippen LogP contribution >= 0.6 is 34.8 Å². The lowest BCUT2D eigenvalue weighted by Crippen LogP contribution is -2.17. The van der Waals surface area contributed by atoms with E-state index in [9.17, 15) is 4.79 Å². The number of hydrogen-bond acceptors (Lipinski definition) is 5. The third-order valence-electron chi connectivity index (χ3n) is 4.51. The third-order valence-corrected chi connectivity index (χ3v) is 5.53. The van der Waals surface area contributed by atoms with Crippen molar-refractivity contribution in [2.75, 3.05) is 13.2 Å². The zero-order chi connectivity index (χ0) is 24.5. The minimum atomic E-state index is -0.350. The number of amides is 1. The van der Waals surface area contributed by atoms with Crippen molar-refractivity contribution in [1.82, 2.24) is 5.43 Å². The SMILES string of the molecule is CCOc1ccc(C(=O)N/N=C\c2cc(Cl)c(OCc3ccc(Cl)c(Cl)c3)c(OCC)c2)cc1. The highest BCUT2D eigenvalue weighted by Crippen LogP contribution is 2.37. The minimum absolute atomic E-state index is 0.224. The Bertz CT molecular complexity index is 1170. The number of carbonyl (C=O) groups is 1. The third kappa shape index (κ3) is 7.03. The fraction of sp³-hybridized carbons (Fsp3) is 0.200. The van der Waals surface area contributed by atoms with Gasteiger partial charge in [0.2, 0.25) is 0 Å². The average Bonchev–Trinajstić information content (AvgIpc) is 2.81. The molecule has 178 valence electrons. The smallest absolute Gasteiger partial charge is 0.271 e. The number of ether oxygens (including phenoxy) is 3. The molecule has 0 aromatic heterocycles. The first kappa shape index (κ1) is 25.7. The summed E-state index contributed by atoms with van der Waals surface area (Å²) in [6.45, 7) is 4.94. The molecule has 3 rings (SSSR count). The molecular weight excluding hydrogens is 499 g/mol. The highest BCUT2D eigenvalue weighted by atomic mass is 35.5. The monoisotopic (exact) mass is 520 g/mol. The molecule has 1 amide bonds. The van der Waals surface area contributed by atoms with Gasteiger partial charge in [-0.25, -0.2) is 5.43 Å². The van der Waals surface area contributed by atoms with Crippen molar-refractivity contribution in [2.24, 2.45) is 5.10 Å². The van der Waals surface area contributed by atoms with Gasteiger partial charge >= 0.3 is 0 Å². The number of hydrogen-bond donors (Lipinski definition) is 1. The number of carbonyl (C=O) groups excluding carboxylic acids is 1. The lowest BCUT2D eigenvalue weighted by atomic mass is 10.2. The minimum Gasteiger partial charge on any atom is -0.494 e. The molecule has 3 aromatic carbocycles. The maximum Gasteiger partial charge on any atom is 0.271 e. The summed E-state index contributed by atoms with van der Waals surface area (Å²) in [4.78, 5) is 12.3. The molecule has 0 bridgehead atoms. The summed E-state index contributed by atoms with van der Waals surface area (Å²) in [5.41, 5.74) is 4.41. The van der Waals surface area contributed by atoms with Crippen molar-refractivity contribution >= 4 is 46.9 Å². The zero-order valence-electron chi connectivity index (χ0n) is 18.6. The Morgan fingerprint density at radius 2 is 1.62 bits per heavy atom. The summed E-state index contributed by atoms with van der Waals surface area (Å²) in [6.07, 6.45) is 1.48. The normalized spacial score (nSPS) is 10.9. The van der Waals surface area contributed by atoms with Crippen LogP contribution in [0.15, 0.2) is 59.7 Å². The standard InChI is InChI=1S/C25H23Cl3N2O4/c1-3-32-19-8-6-18(7-9-19)25(31)30-29-14-17-12-22(28)24(23(13-17)33-4-2)34-15-16-5-10-20(26)21(27)11-16/h5-14H,3-4,15H2,1-2H3,(H,30,31)/b29-14-. The van der Waals surface area contributed by atoms with Gasteiger partial charge in [0.25, 0.3) is 5.91 Å². The van der Waals surface area contributed by atoms with Crippen LogP contribution in [0.25, 0.3) is 0 Å². The number of halogens is 3. The second-order valence-corrected chi connectivity index (χ2v) is 8.18. The molecule has 0 saturated heterocycles. The molecule has 0 fully saturated rings. The van der Waals surface area contributed by atoms with E-state index in [0.717, 1.165) is 5.56 Å². The van der Waals surface area contributed by atoms with Crippen LogP contribution in [0.3, 0.4) is 0 Å². The zero-order valence-corrected chi connectivity index (χ0v) is 20.9. The molecule has 0 spiro atoms. The maximum absolute atomic E-state index is 12.3. The van der Waals surface area contributed by atoms with Crippen LogP contribution < -0.4 is 19.6 Å². The number of hydrazone groups is 1. The van der Waals surface area contributed by atoms with Crippen LogP contribution in [0, 0.1) is 0 Å². The Balaban J connectivity index is 1.69. The molecule has 0 unspecified atom stereocenters. The van der Waals surface area contributed by atoms with E-state index in [1.54, 1.807) is 48.5 Å². The molecule has 3 aromatic rings. The molecule has 0 aliphatic rings. The molecule has 1 N–H and O–H groups in total. The van der Waals surface area contributed by atoms with Crippen LogP contribution in [0.1, 0.15) is 35.3 Å². The van der Waals surface area contributed by atoms with Gasteiger partial charge in [0.15, 0.2) is 11.5 Å². The van der Waals surface area contributed by atoms with Crippen molar-refractivity contribution in [1.29, 1.82) is 0 Å². The molecule has 6 nitrogen and oxygen atoms in total. The largest absolute Gasteiger partial charge is 0.494 e. The van der Waals surface area contributed by atoms with Crippen LogP contribution in [0.2, 0.25) is 15.1 Å². The second-order valence-electron chi connectivity index (χ2n) is 6.96. The number of rotatable bonds is 10. The molecular formula is C25H23Cl3N2O4. The molecule has 0 aliphatic heterocycles. The van der Waals surface area contributed by atoms with Gasteiger partial charge in [-0.05, 0) is 73.5 Å². The lowest BCUT2D eigenvalue weighted by molar-refractivity contribution is 0.0955. The van der Waals surface area contributed by atoms with Gasteiger partial charge in [-0.3, -0.25) is 4.79 Å². The topological polar surface area (TPSA) is 69.2 Å². The summed E-state index contributed by atoms with van der Waals surface area (Å²) in [5.74, 6) is 1.19. The van der Waals surface area contributed by atoms with Crippen LogP contribution in [-0.4, -0.2) is 25.3 Å². The van der Waals surface area contributed by atoms with Crippen molar-refractivity contribution < 1.29 is 19.0 Å². The van der Waals surface area contributed by atoms with Crippen molar-refractivity contribution in [3.8, 4) is 17.2 Å². The summed E-state index contributed by atoms with van der Waals surface area (Å²) in [5, 5.41) is 5.27. The maximum atomic E-state index is 12.3. The summed E-state index contributed by atoms with van der Waals surface area (Å²) >= 11 is 18.5. The van der Waals surface area contributed by atoms with Gasteiger partial charge < -0.3 is 14.2 Å². The number of nitrogens with zero attached hydrogens (tertiary/aromatic N) is 1. The molecule has 9 heteroatoms. The summed E-state index contributed by atoms with van der Waals surface area (Å²) in [6, 6.07) is 15.4. The molecule has 0 heterocycles. The Hall–Kier alpha value is -2.93. The van der Waals surface area contributed by atoms with E-state index in [4.69, 9.17) is 49.0 Å². The molecule has 0 atom stereocenters. The Morgan fingerprint density at radius 1 is 0.882 bits per heavy atom. The Labute approximate surface area is 213 Å². The first-order chi connectivity index (χ1) is 16.4. The lowest BCUT2D eigenvalue weighted by Gasteiger charge is -2.14. The van der Waals surface area contributed by atoms with Crippen LogP contribution in [0.4, 0.5) is 0 Å². The van der Waals surface area contributed by atoms with Crippen molar-refractivity contribution in [2.45, 2.75) is 20.5 Å². The first-order valence-corrected chi connectivity index (χ1v) is 11.6. The quantitative estimate of drug-likeness (QED) is 0.236. The molecule has 0 radical (unpaired) electrons. The molecule has 34 heavy (non-hydrogen) atoms. The predicted octanol–water partition coefficient (Wildman–Crippen LogP) is 6.79. The Morgan fingerprint density at radius 3 is 2.29 bits per heavy atom. The van der Waals surface area contributed by atoms with E-state index in [1.165, 1.54) is 6.21 Å². The van der Waals surface area contributed by atoms with E-state index in [2.05, 4.69) is 10.5 Å². The number of benzene rings is 3. The summed E-state index contributed by atoms with van der Waals surface area (Å²) in [7, 11) is 0. The fourth-order valence-corrected chi connectivity index (χ4v) is 3.54. The van der Waals surface area contributed by atoms with E-state index < -0.39 is 0 Å². The predicted molar refractivity (Wildman–Crippen MR) is 136 cm³/mol. The van der Waals surface area contributed by atoms with Gasteiger partial charge in [0.05, 0.1) is 34.5 Å². The van der Waals surface area contributed by atoms with Crippen molar-refractivity contribution in [3.63, 3.8) is 0 Å². The van der Waals surface area contributed by atoms with Crippen molar-refractivity contribution in [3.05, 3.63) is 86.4 Å². The van der Waals surface area contributed by atoms with Gasteiger partial charge in [0, 0.05) is 5.56 Å². The second kappa shape index (κ2) is 12.5. The van der Waals surface area contributed by atoms with E-state index in [1.807, 2.05) is 19.9 Å². The Kier molecular flexibility index (Phi) is 9.45. The van der Waals surface area contributed by atoms with E-state index in [0.29, 0.717) is 56.7 Å². The van der Waals surface area contributed by atoms with Crippen LogP contribution in [-0.2, 0) is 6.61 Å². The first-order valence-electron chi connectivity index (χ1n) is 10.5. The molecule has 0 aliphatic carbocycles.